The van der Waals surface area contributed by atoms with Crippen molar-refractivity contribution in [3.05, 3.63) is 83.9 Å². The summed E-state index contributed by atoms with van der Waals surface area (Å²) in [6, 6.07) is 26.5. The fourth-order valence-electron chi connectivity index (χ4n) is 4.79. The minimum atomic E-state index is 0.823. The second-order valence-electron chi connectivity index (χ2n) is 8.97. The summed E-state index contributed by atoms with van der Waals surface area (Å²) < 4.78 is 0. The number of rotatable bonds is 8. The molecule has 3 aromatic rings. The molecule has 2 aliphatic heterocycles. The van der Waals surface area contributed by atoms with Gasteiger partial charge in [0.05, 0.1) is 11.4 Å². The summed E-state index contributed by atoms with van der Waals surface area (Å²) in [6.07, 6.45) is 5.26. The molecule has 2 saturated heterocycles. The van der Waals surface area contributed by atoms with E-state index in [2.05, 4.69) is 93.2 Å². The summed E-state index contributed by atoms with van der Waals surface area (Å²) in [5, 5.41) is 7.24. The number of nitrogens with zero attached hydrogens (tertiary/aromatic N) is 2. The maximum atomic E-state index is 3.62. The fraction of sp³-hybridized carbons (Fsp3) is 0.357. The van der Waals surface area contributed by atoms with Gasteiger partial charge in [-0.05, 0) is 73.2 Å². The van der Waals surface area contributed by atoms with Crippen molar-refractivity contribution in [3.63, 3.8) is 0 Å². The normalized spacial score (nSPS) is 15.9. The van der Waals surface area contributed by atoms with Crippen molar-refractivity contribution >= 4 is 22.7 Å². The smallest absolute Gasteiger partial charge is 0.0578 e. The third kappa shape index (κ3) is 5.01. The molecule has 0 aliphatic carbocycles. The second-order valence-corrected chi connectivity index (χ2v) is 8.97. The van der Waals surface area contributed by atoms with Crippen molar-refractivity contribution in [1.82, 2.24) is 0 Å². The average Bonchev–Trinajstić information content (AvgIpc) is 3.58. The Labute approximate surface area is 192 Å². The summed E-state index contributed by atoms with van der Waals surface area (Å²) >= 11 is 0. The van der Waals surface area contributed by atoms with E-state index in [4.69, 9.17) is 0 Å². The lowest BCUT2D eigenvalue weighted by atomic mass is 10.1. The zero-order valence-corrected chi connectivity index (χ0v) is 18.9. The van der Waals surface area contributed by atoms with Crippen LogP contribution in [0.4, 0.5) is 22.7 Å². The molecule has 4 nitrogen and oxygen atoms in total. The highest BCUT2D eigenvalue weighted by molar-refractivity contribution is 5.68. The fourth-order valence-corrected chi connectivity index (χ4v) is 4.79. The molecule has 32 heavy (non-hydrogen) atoms. The molecular weight excluding hydrogens is 392 g/mol. The highest BCUT2D eigenvalue weighted by atomic mass is 15.1. The molecule has 0 aromatic heterocycles. The molecule has 5 rings (SSSR count). The minimum absolute atomic E-state index is 0.823. The highest BCUT2D eigenvalue weighted by Gasteiger charge is 2.13. The Kier molecular flexibility index (Phi) is 6.48. The van der Waals surface area contributed by atoms with Gasteiger partial charge >= 0.3 is 0 Å². The maximum absolute atomic E-state index is 3.62. The van der Waals surface area contributed by atoms with Crippen molar-refractivity contribution in [1.29, 1.82) is 0 Å². The van der Waals surface area contributed by atoms with Gasteiger partial charge < -0.3 is 20.4 Å². The summed E-state index contributed by atoms with van der Waals surface area (Å²) in [4.78, 5) is 4.96. The van der Waals surface area contributed by atoms with E-state index >= 15 is 0 Å². The van der Waals surface area contributed by atoms with Crippen LogP contribution in [0.1, 0.15) is 36.8 Å². The molecule has 2 heterocycles. The van der Waals surface area contributed by atoms with Gasteiger partial charge in [-0.25, -0.2) is 0 Å². The van der Waals surface area contributed by atoms with Crippen LogP contribution in [0.25, 0.3) is 0 Å². The summed E-state index contributed by atoms with van der Waals surface area (Å²) in [5.41, 5.74) is 7.60. The third-order valence-corrected chi connectivity index (χ3v) is 6.71. The molecule has 2 fully saturated rings. The summed E-state index contributed by atoms with van der Waals surface area (Å²) in [6.45, 7) is 6.41. The standard InChI is InChI=1S/C28H34N4/c1-2-8-28(30-22-24-11-15-26(16-12-24)32-19-5-6-20-32)27(7-1)29-21-23-9-13-25(14-10-23)31-17-3-4-18-31/h1-2,7-16,29-30H,3-6,17-22H2. The van der Waals surface area contributed by atoms with Crippen LogP contribution in [0.15, 0.2) is 72.8 Å². The zero-order valence-electron chi connectivity index (χ0n) is 18.9. The van der Waals surface area contributed by atoms with Gasteiger partial charge in [0.15, 0.2) is 0 Å². The van der Waals surface area contributed by atoms with E-state index in [-0.39, 0.29) is 0 Å². The molecule has 0 bridgehead atoms. The Hall–Kier alpha value is -3.14. The Bertz CT molecular complexity index is 902. The van der Waals surface area contributed by atoms with Gasteiger partial charge in [-0.3, -0.25) is 0 Å². The van der Waals surface area contributed by atoms with Crippen LogP contribution >= 0.6 is 0 Å². The third-order valence-electron chi connectivity index (χ3n) is 6.71. The zero-order chi connectivity index (χ0) is 21.6. The van der Waals surface area contributed by atoms with Crippen LogP contribution < -0.4 is 20.4 Å². The van der Waals surface area contributed by atoms with Gasteiger partial charge in [0.25, 0.3) is 0 Å². The number of anilines is 4. The predicted molar refractivity (Wildman–Crippen MR) is 137 cm³/mol. The van der Waals surface area contributed by atoms with Gasteiger partial charge in [-0.1, -0.05) is 36.4 Å². The van der Waals surface area contributed by atoms with Gasteiger partial charge in [0.2, 0.25) is 0 Å². The first-order valence-corrected chi connectivity index (χ1v) is 12.1. The SMILES string of the molecule is c1ccc(NCc2ccc(N3CCCC3)cc2)c(NCc2ccc(N3CCCC3)cc2)c1. The van der Waals surface area contributed by atoms with E-state index in [1.807, 2.05) is 0 Å². The lowest BCUT2D eigenvalue weighted by molar-refractivity contribution is 0.949. The van der Waals surface area contributed by atoms with Crippen LogP contribution in [0.3, 0.4) is 0 Å². The number of para-hydroxylation sites is 2. The van der Waals surface area contributed by atoms with E-state index in [0.29, 0.717) is 0 Å². The Morgan fingerprint density at radius 3 is 1.25 bits per heavy atom. The van der Waals surface area contributed by atoms with Crippen molar-refractivity contribution in [2.45, 2.75) is 38.8 Å². The lowest BCUT2D eigenvalue weighted by Gasteiger charge is -2.19. The maximum Gasteiger partial charge on any atom is 0.0578 e. The molecular formula is C28H34N4. The molecule has 0 radical (unpaired) electrons. The van der Waals surface area contributed by atoms with Gasteiger partial charge in [0.1, 0.15) is 0 Å². The molecule has 0 amide bonds. The van der Waals surface area contributed by atoms with E-state index in [1.54, 1.807) is 0 Å². The van der Waals surface area contributed by atoms with Crippen LogP contribution in [0.5, 0.6) is 0 Å². The number of hydrogen-bond acceptors (Lipinski definition) is 4. The van der Waals surface area contributed by atoms with Gasteiger partial charge in [0, 0.05) is 50.6 Å². The van der Waals surface area contributed by atoms with E-state index in [1.165, 1.54) is 74.4 Å². The lowest BCUT2D eigenvalue weighted by Crippen LogP contribution is -2.17. The number of hydrogen-bond donors (Lipinski definition) is 2. The van der Waals surface area contributed by atoms with Gasteiger partial charge in [-0.15, -0.1) is 0 Å². The first-order valence-electron chi connectivity index (χ1n) is 12.1. The molecule has 2 N–H and O–H groups in total. The number of nitrogens with one attached hydrogen (secondary N) is 2. The second kappa shape index (κ2) is 9.99. The minimum Gasteiger partial charge on any atom is -0.379 e. The average molecular weight is 427 g/mol. The first kappa shape index (κ1) is 20.7. The highest BCUT2D eigenvalue weighted by Crippen LogP contribution is 2.25. The largest absolute Gasteiger partial charge is 0.379 e. The Balaban J connectivity index is 1.17. The Morgan fingerprint density at radius 1 is 0.500 bits per heavy atom. The van der Waals surface area contributed by atoms with Crippen LogP contribution in [0.2, 0.25) is 0 Å². The summed E-state index contributed by atoms with van der Waals surface area (Å²) in [7, 11) is 0. The topological polar surface area (TPSA) is 30.5 Å². The van der Waals surface area contributed by atoms with Crippen molar-refractivity contribution < 1.29 is 0 Å². The quantitative estimate of drug-likeness (QED) is 0.455. The van der Waals surface area contributed by atoms with E-state index in [9.17, 15) is 0 Å². The van der Waals surface area contributed by atoms with E-state index < -0.39 is 0 Å². The Morgan fingerprint density at radius 2 is 0.875 bits per heavy atom. The molecule has 3 aromatic carbocycles. The first-order chi connectivity index (χ1) is 15.8. The van der Waals surface area contributed by atoms with E-state index in [0.717, 1.165) is 24.5 Å². The molecule has 166 valence electrons. The van der Waals surface area contributed by atoms with Crippen LogP contribution in [0, 0.1) is 0 Å². The van der Waals surface area contributed by atoms with Crippen LogP contribution in [-0.4, -0.2) is 26.2 Å². The number of benzene rings is 3. The van der Waals surface area contributed by atoms with Crippen LogP contribution in [-0.2, 0) is 13.1 Å². The summed E-state index contributed by atoms with van der Waals surface area (Å²) in [5.74, 6) is 0. The predicted octanol–water partition coefficient (Wildman–Crippen LogP) is 6.11. The molecule has 4 heteroatoms. The molecule has 0 saturated carbocycles. The monoisotopic (exact) mass is 426 g/mol. The molecule has 2 aliphatic rings. The van der Waals surface area contributed by atoms with Crippen molar-refractivity contribution in [2.24, 2.45) is 0 Å². The molecule has 0 unspecified atom stereocenters. The van der Waals surface area contributed by atoms with Crippen molar-refractivity contribution in [2.75, 3.05) is 46.6 Å². The van der Waals surface area contributed by atoms with Crippen molar-refractivity contribution in [3.8, 4) is 0 Å². The molecule has 0 atom stereocenters. The van der Waals surface area contributed by atoms with Gasteiger partial charge in [-0.2, -0.15) is 0 Å². The molecule has 0 spiro atoms.